The van der Waals surface area contributed by atoms with Gasteiger partial charge in [-0.15, -0.1) is 0 Å². The maximum absolute atomic E-state index is 12.0. The van der Waals surface area contributed by atoms with Crippen LogP contribution in [0.4, 0.5) is 11.4 Å². The van der Waals surface area contributed by atoms with E-state index in [2.05, 4.69) is 10.0 Å². The Hall–Kier alpha value is -2.74. The molecule has 0 atom stereocenters. The molecule has 0 bridgehead atoms. The fraction of sp³-hybridized carbons (Fsp3) is 0.235. The minimum Gasteiger partial charge on any atom is -0.495 e. The van der Waals surface area contributed by atoms with Crippen LogP contribution in [-0.4, -0.2) is 34.3 Å². The van der Waals surface area contributed by atoms with Crippen LogP contribution in [0.25, 0.3) is 0 Å². The highest BCUT2D eigenvalue weighted by Crippen LogP contribution is 2.28. The van der Waals surface area contributed by atoms with E-state index in [0.29, 0.717) is 17.2 Å². The number of hydrogen-bond donors (Lipinski definition) is 2. The van der Waals surface area contributed by atoms with E-state index in [1.165, 1.54) is 13.2 Å². The third-order valence-corrected chi connectivity index (χ3v) is 3.73. The largest absolute Gasteiger partial charge is 0.495 e. The first-order valence-electron chi connectivity index (χ1n) is 7.42. The summed E-state index contributed by atoms with van der Waals surface area (Å²) < 4.78 is 35.7. The highest BCUT2D eigenvalue weighted by atomic mass is 32.2. The molecule has 8 heteroatoms. The summed E-state index contributed by atoms with van der Waals surface area (Å²) in [5.41, 5.74) is 1.69. The third kappa shape index (κ3) is 6.00. The summed E-state index contributed by atoms with van der Waals surface area (Å²) in [5, 5.41) is 2.65. The lowest BCUT2D eigenvalue weighted by atomic mass is 10.2. The number of carbonyl (C=O) groups excluding carboxylic acids is 1. The molecule has 2 rings (SSSR count). The second-order valence-electron chi connectivity index (χ2n) is 5.44. The van der Waals surface area contributed by atoms with Gasteiger partial charge in [-0.25, -0.2) is 8.42 Å². The number of nitrogens with one attached hydrogen (secondary N) is 2. The fourth-order valence-corrected chi connectivity index (χ4v) is 2.68. The summed E-state index contributed by atoms with van der Waals surface area (Å²) in [6.07, 6.45) is 1.04. The average molecular weight is 364 g/mol. The SMILES string of the molecule is COc1ccc(NC(=O)COc2cccc(C)c2)cc1NS(C)(=O)=O. The molecule has 0 spiro atoms. The van der Waals surface area contributed by atoms with Crippen molar-refractivity contribution in [3.05, 3.63) is 48.0 Å². The average Bonchev–Trinajstić information content (AvgIpc) is 2.52. The van der Waals surface area contributed by atoms with Gasteiger partial charge >= 0.3 is 0 Å². The zero-order valence-electron chi connectivity index (χ0n) is 14.2. The molecule has 1 amide bonds. The Morgan fingerprint density at radius 1 is 1.16 bits per heavy atom. The van der Waals surface area contributed by atoms with Gasteiger partial charge in [0.25, 0.3) is 5.91 Å². The van der Waals surface area contributed by atoms with Crippen molar-refractivity contribution in [1.82, 2.24) is 0 Å². The topological polar surface area (TPSA) is 93.7 Å². The lowest BCUT2D eigenvalue weighted by Crippen LogP contribution is -2.20. The molecule has 0 unspecified atom stereocenters. The molecule has 0 aromatic heterocycles. The summed E-state index contributed by atoms with van der Waals surface area (Å²) in [6.45, 7) is 1.77. The van der Waals surface area contributed by atoms with E-state index >= 15 is 0 Å². The van der Waals surface area contributed by atoms with Gasteiger partial charge in [0, 0.05) is 5.69 Å². The molecule has 0 heterocycles. The zero-order valence-corrected chi connectivity index (χ0v) is 15.0. The molecular formula is C17H20N2O5S. The van der Waals surface area contributed by atoms with Gasteiger partial charge < -0.3 is 14.8 Å². The van der Waals surface area contributed by atoms with Crippen LogP contribution in [0.5, 0.6) is 11.5 Å². The number of sulfonamides is 1. The Kier molecular flexibility index (Phi) is 5.87. The van der Waals surface area contributed by atoms with Gasteiger partial charge in [0.1, 0.15) is 11.5 Å². The molecule has 25 heavy (non-hydrogen) atoms. The second-order valence-corrected chi connectivity index (χ2v) is 7.19. The number of rotatable bonds is 7. The van der Waals surface area contributed by atoms with Crippen molar-refractivity contribution in [3.63, 3.8) is 0 Å². The molecule has 0 fully saturated rings. The summed E-state index contributed by atoms with van der Waals surface area (Å²) in [6, 6.07) is 12.0. The molecule has 0 aliphatic heterocycles. The van der Waals surface area contributed by atoms with Crippen LogP contribution in [0.3, 0.4) is 0 Å². The van der Waals surface area contributed by atoms with Crippen LogP contribution in [0, 0.1) is 6.92 Å². The monoisotopic (exact) mass is 364 g/mol. The van der Waals surface area contributed by atoms with Gasteiger partial charge in [-0.3, -0.25) is 9.52 Å². The summed E-state index contributed by atoms with van der Waals surface area (Å²) in [4.78, 5) is 12.0. The molecular weight excluding hydrogens is 344 g/mol. The van der Waals surface area contributed by atoms with E-state index in [0.717, 1.165) is 11.8 Å². The van der Waals surface area contributed by atoms with Gasteiger partial charge in [-0.1, -0.05) is 12.1 Å². The first-order chi connectivity index (χ1) is 11.8. The normalized spacial score (nSPS) is 10.8. The van der Waals surface area contributed by atoms with Gasteiger partial charge in [0.05, 0.1) is 19.1 Å². The number of amides is 1. The first kappa shape index (κ1) is 18.6. The quantitative estimate of drug-likeness (QED) is 0.787. The smallest absolute Gasteiger partial charge is 0.262 e. The van der Waals surface area contributed by atoms with Crippen LogP contribution >= 0.6 is 0 Å². The van der Waals surface area contributed by atoms with E-state index in [4.69, 9.17) is 9.47 Å². The van der Waals surface area contributed by atoms with Crippen LogP contribution in [0.2, 0.25) is 0 Å². The van der Waals surface area contributed by atoms with Crippen molar-refractivity contribution in [2.45, 2.75) is 6.92 Å². The highest BCUT2D eigenvalue weighted by molar-refractivity contribution is 7.92. The molecule has 0 aliphatic carbocycles. The predicted molar refractivity (Wildman–Crippen MR) is 96.8 cm³/mol. The van der Waals surface area contributed by atoms with E-state index in [1.54, 1.807) is 18.2 Å². The number of methoxy groups -OCH3 is 1. The number of aryl methyl sites for hydroxylation is 1. The highest BCUT2D eigenvalue weighted by Gasteiger charge is 2.11. The Morgan fingerprint density at radius 3 is 2.56 bits per heavy atom. The summed E-state index contributed by atoms with van der Waals surface area (Å²) in [5.74, 6) is 0.584. The molecule has 0 radical (unpaired) electrons. The molecule has 7 nitrogen and oxygen atoms in total. The summed E-state index contributed by atoms with van der Waals surface area (Å²) in [7, 11) is -2.05. The van der Waals surface area contributed by atoms with Crippen LogP contribution < -0.4 is 19.5 Å². The maximum atomic E-state index is 12.0. The van der Waals surface area contributed by atoms with E-state index in [-0.39, 0.29) is 18.2 Å². The van der Waals surface area contributed by atoms with E-state index < -0.39 is 10.0 Å². The Labute approximate surface area is 147 Å². The molecule has 2 N–H and O–H groups in total. The standard InChI is InChI=1S/C17H20N2O5S/c1-12-5-4-6-14(9-12)24-11-17(20)18-13-7-8-16(23-2)15(10-13)19-25(3,21)22/h4-10,19H,11H2,1-3H3,(H,18,20). The van der Waals surface area contributed by atoms with Gasteiger partial charge in [-0.2, -0.15) is 0 Å². The van der Waals surface area contributed by atoms with Crippen molar-refractivity contribution in [3.8, 4) is 11.5 Å². The number of benzene rings is 2. The van der Waals surface area contributed by atoms with Crippen molar-refractivity contribution < 1.29 is 22.7 Å². The minimum atomic E-state index is -3.47. The molecule has 134 valence electrons. The Balaban J connectivity index is 2.03. The van der Waals surface area contributed by atoms with E-state index in [9.17, 15) is 13.2 Å². The molecule has 0 aliphatic rings. The molecule has 0 saturated carbocycles. The predicted octanol–water partition coefficient (Wildman–Crippen LogP) is 2.39. The van der Waals surface area contributed by atoms with Crippen molar-refractivity contribution in [2.75, 3.05) is 30.0 Å². The van der Waals surface area contributed by atoms with Gasteiger partial charge in [0.2, 0.25) is 10.0 Å². The number of hydrogen-bond acceptors (Lipinski definition) is 5. The second kappa shape index (κ2) is 7.89. The Bertz CT molecular complexity index is 865. The van der Waals surface area contributed by atoms with E-state index in [1.807, 2.05) is 25.1 Å². The third-order valence-electron chi connectivity index (χ3n) is 3.14. The number of anilines is 2. The Morgan fingerprint density at radius 2 is 1.92 bits per heavy atom. The number of ether oxygens (including phenoxy) is 2. The minimum absolute atomic E-state index is 0.162. The molecule has 0 saturated heterocycles. The fourth-order valence-electron chi connectivity index (χ4n) is 2.12. The van der Waals surface area contributed by atoms with Gasteiger partial charge in [-0.05, 0) is 42.8 Å². The first-order valence-corrected chi connectivity index (χ1v) is 9.31. The van der Waals surface area contributed by atoms with Crippen LogP contribution in [0.1, 0.15) is 5.56 Å². The zero-order chi connectivity index (χ0) is 18.4. The van der Waals surface area contributed by atoms with Gasteiger partial charge in [0.15, 0.2) is 6.61 Å². The molecule has 2 aromatic carbocycles. The van der Waals surface area contributed by atoms with Crippen molar-refractivity contribution in [2.24, 2.45) is 0 Å². The maximum Gasteiger partial charge on any atom is 0.262 e. The molecule has 2 aromatic rings. The van der Waals surface area contributed by atoms with Crippen molar-refractivity contribution in [1.29, 1.82) is 0 Å². The lowest BCUT2D eigenvalue weighted by molar-refractivity contribution is -0.118. The lowest BCUT2D eigenvalue weighted by Gasteiger charge is -2.13. The summed E-state index contributed by atoms with van der Waals surface area (Å²) >= 11 is 0. The van der Waals surface area contributed by atoms with Crippen LogP contribution in [0.15, 0.2) is 42.5 Å². The van der Waals surface area contributed by atoms with Crippen molar-refractivity contribution >= 4 is 27.3 Å². The van der Waals surface area contributed by atoms with Crippen LogP contribution in [-0.2, 0) is 14.8 Å². The number of carbonyl (C=O) groups is 1.